The standard InChI is InChI=1S/C15H16N4O2/c1-2-7-18-8-3-4-14(18)11-17-15-6-5-13(19(20)21)9-12(15)10-16/h3-6,8-9,17H,2,7,11H2,1H3. The number of nitro groups is 1. The first-order valence-electron chi connectivity index (χ1n) is 6.72. The van der Waals surface area contributed by atoms with Gasteiger partial charge in [0, 0.05) is 30.6 Å². The van der Waals surface area contributed by atoms with Gasteiger partial charge in [-0.25, -0.2) is 0 Å². The molecular formula is C15H16N4O2. The zero-order valence-corrected chi connectivity index (χ0v) is 11.7. The zero-order chi connectivity index (χ0) is 15.2. The molecule has 0 unspecified atom stereocenters. The third kappa shape index (κ3) is 3.39. The summed E-state index contributed by atoms with van der Waals surface area (Å²) in [6.07, 6.45) is 3.06. The smallest absolute Gasteiger partial charge is 0.270 e. The van der Waals surface area contributed by atoms with E-state index < -0.39 is 4.92 Å². The van der Waals surface area contributed by atoms with E-state index >= 15 is 0 Å². The molecule has 1 aromatic heterocycles. The third-order valence-electron chi connectivity index (χ3n) is 3.18. The van der Waals surface area contributed by atoms with Crippen LogP contribution in [0.25, 0.3) is 0 Å². The van der Waals surface area contributed by atoms with Crippen molar-refractivity contribution in [3.8, 4) is 6.07 Å². The van der Waals surface area contributed by atoms with Gasteiger partial charge in [0.2, 0.25) is 0 Å². The molecular weight excluding hydrogens is 268 g/mol. The molecule has 0 spiro atoms. The number of rotatable bonds is 6. The van der Waals surface area contributed by atoms with Crippen molar-refractivity contribution in [2.45, 2.75) is 26.4 Å². The molecule has 0 bridgehead atoms. The van der Waals surface area contributed by atoms with Gasteiger partial charge in [0.15, 0.2) is 0 Å². The molecule has 108 valence electrons. The number of hydrogen-bond acceptors (Lipinski definition) is 4. The van der Waals surface area contributed by atoms with Gasteiger partial charge >= 0.3 is 0 Å². The van der Waals surface area contributed by atoms with Gasteiger partial charge in [-0.2, -0.15) is 5.26 Å². The van der Waals surface area contributed by atoms with Crippen molar-refractivity contribution in [1.29, 1.82) is 5.26 Å². The molecule has 0 amide bonds. The van der Waals surface area contributed by atoms with Crippen LogP contribution in [0.3, 0.4) is 0 Å². The Morgan fingerprint density at radius 3 is 2.90 bits per heavy atom. The molecule has 0 saturated heterocycles. The van der Waals surface area contributed by atoms with Crippen LogP contribution in [-0.2, 0) is 13.1 Å². The van der Waals surface area contributed by atoms with Crippen molar-refractivity contribution in [2.24, 2.45) is 0 Å². The molecule has 0 radical (unpaired) electrons. The van der Waals surface area contributed by atoms with Gasteiger partial charge in [0.1, 0.15) is 6.07 Å². The van der Waals surface area contributed by atoms with E-state index in [2.05, 4.69) is 16.8 Å². The molecule has 0 aliphatic heterocycles. The Hall–Kier alpha value is -2.81. The first kappa shape index (κ1) is 14.6. The van der Waals surface area contributed by atoms with E-state index in [4.69, 9.17) is 5.26 Å². The van der Waals surface area contributed by atoms with Gasteiger partial charge in [-0.15, -0.1) is 0 Å². The lowest BCUT2D eigenvalue weighted by molar-refractivity contribution is -0.384. The average Bonchev–Trinajstić information content (AvgIpc) is 2.92. The zero-order valence-electron chi connectivity index (χ0n) is 11.7. The Morgan fingerprint density at radius 2 is 2.24 bits per heavy atom. The van der Waals surface area contributed by atoms with E-state index in [1.165, 1.54) is 12.1 Å². The number of nitrogens with one attached hydrogen (secondary N) is 1. The molecule has 0 aliphatic carbocycles. The van der Waals surface area contributed by atoms with Crippen molar-refractivity contribution in [1.82, 2.24) is 4.57 Å². The van der Waals surface area contributed by atoms with E-state index in [-0.39, 0.29) is 11.3 Å². The molecule has 1 heterocycles. The van der Waals surface area contributed by atoms with Crippen LogP contribution in [0.5, 0.6) is 0 Å². The Morgan fingerprint density at radius 1 is 1.43 bits per heavy atom. The van der Waals surface area contributed by atoms with Crippen molar-refractivity contribution in [3.05, 3.63) is 57.9 Å². The number of nitriles is 1. The maximum absolute atomic E-state index is 10.7. The number of non-ortho nitro benzene ring substituents is 1. The van der Waals surface area contributed by atoms with Crippen molar-refractivity contribution >= 4 is 11.4 Å². The molecule has 6 heteroatoms. The highest BCUT2D eigenvalue weighted by molar-refractivity contribution is 5.61. The Balaban J connectivity index is 2.15. The summed E-state index contributed by atoms with van der Waals surface area (Å²) in [5, 5.41) is 23.0. The van der Waals surface area contributed by atoms with Crippen molar-refractivity contribution in [3.63, 3.8) is 0 Å². The number of nitro benzene ring substituents is 1. The van der Waals surface area contributed by atoms with E-state index in [1.54, 1.807) is 6.07 Å². The fourth-order valence-electron chi connectivity index (χ4n) is 2.15. The summed E-state index contributed by atoms with van der Waals surface area (Å²) in [4.78, 5) is 10.2. The van der Waals surface area contributed by atoms with Crippen LogP contribution in [0, 0.1) is 21.4 Å². The molecule has 6 nitrogen and oxygen atoms in total. The summed E-state index contributed by atoms with van der Waals surface area (Å²) in [6, 6.07) is 10.2. The van der Waals surface area contributed by atoms with Gasteiger partial charge in [0.25, 0.3) is 5.69 Å². The molecule has 21 heavy (non-hydrogen) atoms. The van der Waals surface area contributed by atoms with Crippen LogP contribution in [-0.4, -0.2) is 9.49 Å². The van der Waals surface area contributed by atoms with Crippen molar-refractivity contribution in [2.75, 3.05) is 5.32 Å². The van der Waals surface area contributed by atoms with Gasteiger partial charge < -0.3 is 9.88 Å². The van der Waals surface area contributed by atoms with E-state index in [0.29, 0.717) is 12.2 Å². The normalized spacial score (nSPS) is 10.1. The Kier molecular flexibility index (Phi) is 4.57. The highest BCUT2D eigenvalue weighted by Crippen LogP contribution is 2.22. The second-order valence-corrected chi connectivity index (χ2v) is 4.65. The maximum Gasteiger partial charge on any atom is 0.270 e. The quantitative estimate of drug-likeness (QED) is 0.651. The van der Waals surface area contributed by atoms with Crippen LogP contribution in [0.2, 0.25) is 0 Å². The predicted octanol–water partition coefficient (Wildman–Crippen LogP) is 3.29. The highest BCUT2D eigenvalue weighted by atomic mass is 16.6. The Labute approximate surface area is 122 Å². The molecule has 1 N–H and O–H groups in total. The minimum Gasteiger partial charge on any atom is -0.378 e. The summed E-state index contributed by atoms with van der Waals surface area (Å²) in [7, 11) is 0. The minimum atomic E-state index is -0.503. The average molecular weight is 284 g/mol. The van der Waals surface area contributed by atoms with Gasteiger partial charge in [-0.05, 0) is 24.6 Å². The highest BCUT2D eigenvalue weighted by Gasteiger charge is 2.10. The lowest BCUT2D eigenvalue weighted by atomic mass is 10.1. The Bertz CT molecular complexity index is 685. The number of hydrogen-bond donors (Lipinski definition) is 1. The van der Waals surface area contributed by atoms with Crippen LogP contribution in [0.4, 0.5) is 11.4 Å². The lowest BCUT2D eigenvalue weighted by Gasteiger charge is -2.11. The summed E-state index contributed by atoms with van der Waals surface area (Å²) < 4.78 is 2.14. The van der Waals surface area contributed by atoms with Crippen LogP contribution < -0.4 is 5.32 Å². The van der Waals surface area contributed by atoms with Crippen molar-refractivity contribution < 1.29 is 4.92 Å². The van der Waals surface area contributed by atoms with Crippen LogP contribution in [0.1, 0.15) is 24.6 Å². The van der Waals surface area contributed by atoms with Gasteiger partial charge in [0.05, 0.1) is 22.7 Å². The number of aryl methyl sites for hydroxylation is 1. The molecule has 0 aliphatic rings. The number of anilines is 1. The summed E-state index contributed by atoms with van der Waals surface area (Å²) in [5.74, 6) is 0. The van der Waals surface area contributed by atoms with Crippen LogP contribution in [0.15, 0.2) is 36.5 Å². The van der Waals surface area contributed by atoms with E-state index in [9.17, 15) is 10.1 Å². The first-order chi connectivity index (χ1) is 10.2. The molecule has 0 atom stereocenters. The topological polar surface area (TPSA) is 83.9 Å². The number of nitrogens with zero attached hydrogens (tertiary/aromatic N) is 3. The van der Waals surface area contributed by atoms with Gasteiger partial charge in [-0.3, -0.25) is 10.1 Å². The summed E-state index contributed by atoms with van der Waals surface area (Å²) in [6.45, 7) is 3.62. The van der Waals surface area contributed by atoms with Gasteiger partial charge in [-0.1, -0.05) is 6.92 Å². The lowest BCUT2D eigenvalue weighted by Crippen LogP contribution is -2.07. The molecule has 1 aromatic carbocycles. The minimum absolute atomic E-state index is 0.0774. The van der Waals surface area contributed by atoms with E-state index in [0.717, 1.165) is 18.7 Å². The van der Waals surface area contributed by atoms with E-state index in [1.807, 2.05) is 24.4 Å². The number of benzene rings is 1. The molecule has 0 fully saturated rings. The predicted molar refractivity (Wildman–Crippen MR) is 79.9 cm³/mol. The molecule has 2 rings (SSSR count). The molecule has 0 saturated carbocycles. The second kappa shape index (κ2) is 6.57. The largest absolute Gasteiger partial charge is 0.378 e. The third-order valence-corrected chi connectivity index (χ3v) is 3.18. The monoisotopic (exact) mass is 284 g/mol. The fraction of sp³-hybridized carbons (Fsp3) is 0.267. The molecule has 2 aromatic rings. The second-order valence-electron chi connectivity index (χ2n) is 4.65. The maximum atomic E-state index is 10.7. The summed E-state index contributed by atoms with van der Waals surface area (Å²) in [5.41, 5.74) is 1.91. The SMILES string of the molecule is CCCn1cccc1CNc1ccc([N+](=O)[O-])cc1C#N. The number of aromatic nitrogens is 1. The summed E-state index contributed by atoms with van der Waals surface area (Å²) >= 11 is 0. The first-order valence-corrected chi connectivity index (χ1v) is 6.72. The van der Waals surface area contributed by atoms with Crippen LogP contribution >= 0.6 is 0 Å². The fourth-order valence-corrected chi connectivity index (χ4v) is 2.15.